The molecule has 4 rings (SSSR count). The van der Waals surface area contributed by atoms with Crippen molar-refractivity contribution in [2.45, 2.75) is 57.0 Å². The Hall–Kier alpha value is -3.56. The van der Waals surface area contributed by atoms with Gasteiger partial charge in [0, 0.05) is 6.54 Å². The van der Waals surface area contributed by atoms with Crippen LogP contribution in [-0.2, 0) is 20.4 Å². The molecule has 0 unspecified atom stereocenters. The number of alkyl halides is 3. The molecule has 1 aromatic heterocycles. The number of methoxy groups -OCH3 is 1. The average molecular weight is 505 g/mol. The number of halogens is 3. The van der Waals surface area contributed by atoms with Crippen LogP contribution < -0.4 is 4.74 Å². The van der Waals surface area contributed by atoms with Crippen LogP contribution in [-0.4, -0.2) is 46.8 Å². The minimum Gasteiger partial charge on any atom is -0.494 e. The maximum Gasteiger partial charge on any atom is 0.433 e. The number of piperidine rings is 1. The third kappa shape index (κ3) is 4.89. The van der Waals surface area contributed by atoms with Gasteiger partial charge >= 0.3 is 18.2 Å². The third-order valence-electron chi connectivity index (χ3n) is 6.00. The van der Waals surface area contributed by atoms with Crippen LogP contribution in [0.1, 0.15) is 56.6 Å². The third-order valence-corrected chi connectivity index (χ3v) is 6.00. The van der Waals surface area contributed by atoms with E-state index in [1.54, 1.807) is 45.0 Å². The Kier molecular flexibility index (Phi) is 6.49. The van der Waals surface area contributed by atoms with Crippen molar-refractivity contribution < 1.29 is 37.0 Å². The van der Waals surface area contributed by atoms with E-state index in [-0.39, 0.29) is 17.0 Å². The Labute approximate surface area is 206 Å². The number of amides is 1. The van der Waals surface area contributed by atoms with E-state index in [1.807, 2.05) is 6.07 Å². The van der Waals surface area contributed by atoms with E-state index in [4.69, 9.17) is 14.2 Å². The summed E-state index contributed by atoms with van der Waals surface area (Å²) in [7, 11) is 1.28. The Morgan fingerprint density at radius 3 is 2.44 bits per heavy atom. The number of carbonyl (C=O) groups excluding carboxylic acids is 2. The summed E-state index contributed by atoms with van der Waals surface area (Å²) in [4.78, 5) is 31.6. The number of hydrogen-bond donors (Lipinski definition) is 0. The highest BCUT2D eigenvalue weighted by molar-refractivity contribution is 6.19. The van der Waals surface area contributed by atoms with Gasteiger partial charge in [-0.05, 0) is 57.4 Å². The van der Waals surface area contributed by atoms with Crippen LogP contribution in [0.15, 0.2) is 48.5 Å². The molecular formula is C26H27F3N2O5. The molecule has 1 spiro atoms. The van der Waals surface area contributed by atoms with E-state index in [2.05, 4.69) is 4.98 Å². The van der Waals surface area contributed by atoms with Crippen LogP contribution in [0.2, 0.25) is 0 Å². The smallest absolute Gasteiger partial charge is 0.433 e. The van der Waals surface area contributed by atoms with Crippen LogP contribution in [0.5, 0.6) is 5.75 Å². The van der Waals surface area contributed by atoms with E-state index in [0.29, 0.717) is 24.9 Å². The number of hydrogen-bond acceptors (Lipinski definition) is 6. The molecule has 2 atom stereocenters. The van der Waals surface area contributed by atoms with Crippen molar-refractivity contribution in [3.8, 4) is 5.75 Å². The van der Waals surface area contributed by atoms with Crippen LogP contribution in [0.4, 0.5) is 18.0 Å². The second kappa shape index (κ2) is 9.15. The summed E-state index contributed by atoms with van der Waals surface area (Å²) in [5, 5.41) is 0. The second-order valence-corrected chi connectivity index (χ2v) is 9.74. The maximum atomic E-state index is 13.4. The molecule has 1 amide bonds. The Balaban J connectivity index is 1.85. The molecule has 2 aliphatic heterocycles. The monoisotopic (exact) mass is 504 g/mol. The highest BCUT2D eigenvalue weighted by Crippen LogP contribution is 2.49. The van der Waals surface area contributed by atoms with E-state index in [9.17, 15) is 22.8 Å². The van der Waals surface area contributed by atoms with Gasteiger partial charge in [0.15, 0.2) is 5.60 Å². The molecular weight excluding hydrogens is 477 g/mol. The van der Waals surface area contributed by atoms with Gasteiger partial charge in [0.05, 0.1) is 12.7 Å². The van der Waals surface area contributed by atoms with Gasteiger partial charge in [0.2, 0.25) is 0 Å². The Morgan fingerprint density at radius 2 is 1.83 bits per heavy atom. The molecule has 2 aromatic rings. The number of likely N-dealkylation sites (tertiary alicyclic amines) is 1. The first-order chi connectivity index (χ1) is 16.8. The lowest BCUT2D eigenvalue weighted by molar-refractivity contribution is -0.154. The van der Waals surface area contributed by atoms with Crippen LogP contribution in [0.3, 0.4) is 0 Å². The van der Waals surface area contributed by atoms with Crippen molar-refractivity contribution >= 4 is 17.6 Å². The van der Waals surface area contributed by atoms with Crippen molar-refractivity contribution in [1.82, 2.24) is 9.88 Å². The first-order valence-corrected chi connectivity index (χ1v) is 11.5. The fourth-order valence-electron chi connectivity index (χ4n) is 4.62. The molecule has 0 N–H and O–H groups in total. The molecule has 7 nitrogen and oxygen atoms in total. The van der Waals surface area contributed by atoms with Gasteiger partial charge in [0.1, 0.15) is 28.8 Å². The molecule has 1 fully saturated rings. The van der Waals surface area contributed by atoms with E-state index >= 15 is 0 Å². The number of ether oxygens (including phenoxy) is 3. The minimum absolute atomic E-state index is 0.000631. The highest BCUT2D eigenvalue weighted by Gasteiger charge is 2.54. The van der Waals surface area contributed by atoms with Gasteiger partial charge in [0.25, 0.3) is 0 Å². The van der Waals surface area contributed by atoms with Crippen molar-refractivity contribution in [2.24, 2.45) is 0 Å². The zero-order valence-electron chi connectivity index (χ0n) is 20.4. The number of benzene rings is 1. The van der Waals surface area contributed by atoms with Crippen LogP contribution in [0.25, 0.3) is 5.57 Å². The summed E-state index contributed by atoms with van der Waals surface area (Å²) >= 11 is 0. The first-order valence-electron chi connectivity index (χ1n) is 11.5. The summed E-state index contributed by atoms with van der Waals surface area (Å²) in [6.07, 6.45) is -2.99. The van der Waals surface area contributed by atoms with Gasteiger partial charge in [-0.3, -0.25) is 4.90 Å². The summed E-state index contributed by atoms with van der Waals surface area (Å²) < 4.78 is 56.9. The molecule has 3 heterocycles. The number of aromatic nitrogens is 1. The molecule has 192 valence electrons. The van der Waals surface area contributed by atoms with Crippen molar-refractivity contribution in [3.05, 3.63) is 65.5 Å². The summed E-state index contributed by atoms with van der Waals surface area (Å²) in [5.41, 5.74) is -2.97. The number of rotatable bonds is 3. The molecule has 0 saturated carbocycles. The summed E-state index contributed by atoms with van der Waals surface area (Å²) in [5.74, 6) is -0.841. The fourth-order valence-corrected chi connectivity index (χ4v) is 4.62. The lowest BCUT2D eigenvalue weighted by Crippen LogP contribution is -2.53. The SMILES string of the molecule is COc1ccc(C(F)(F)F)nc1C1=C[C@@]2(CCCN(C(=O)OC(C)(C)C)[C@H]2c2ccccc2)OC1=O. The number of carbonyl (C=O) groups is 2. The van der Waals surface area contributed by atoms with Gasteiger partial charge in [-0.2, -0.15) is 13.2 Å². The molecule has 2 aliphatic rings. The molecule has 0 radical (unpaired) electrons. The van der Waals surface area contributed by atoms with Crippen LogP contribution >= 0.6 is 0 Å². The molecule has 1 aromatic carbocycles. The summed E-state index contributed by atoms with van der Waals surface area (Å²) in [6.45, 7) is 5.60. The molecule has 0 aliphatic carbocycles. The van der Waals surface area contributed by atoms with Crippen LogP contribution in [0, 0.1) is 0 Å². The minimum atomic E-state index is -4.72. The molecule has 1 saturated heterocycles. The predicted octanol–water partition coefficient (Wildman–Crippen LogP) is 5.56. The molecule has 10 heteroatoms. The largest absolute Gasteiger partial charge is 0.494 e. The predicted molar refractivity (Wildman–Crippen MR) is 124 cm³/mol. The number of pyridine rings is 1. The highest BCUT2D eigenvalue weighted by atomic mass is 19.4. The van der Waals surface area contributed by atoms with Gasteiger partial charge in [-0.25, -0.2) is 14.6 Å². The molecule has 36 heavy (non-hydrogen) atoms. The van der Waals surface area contributed by atoms with Crippen molar-refractivity contribution in [2.75, 3.05) is 13.7 Å². The lowest BCUT2D eigenvalue weighted by atomic mass is 9.80. The topological polar surface area (TPSA) is 78.0 Å². The van der Waals surface area contributed by atoms with Gasteiger partial charge < -0.3 is 14.2 Å². The fraction of sp³-hybridized carbons (Fsp3) is 0.423. The standard InChI is InChI=1S/C26H27F3N2O5/c1-24(2,3)36-23(33)31-14-8-13-25(21(31)16-9-6-5-7-10-16)15-17(22(32)35-25)20-18(34-4)11-12-19(30-20)26(27,28)29/h5-7,9-12,15,21H,8,13-14H2,1-4H3/t21-,25+/m0/s1. The molecule has 0 bridgehead atoms. The van der Waals surface area contributed by atoms with E-state index < -0.39 is 41.2 Å². The average Bonchev–Trinajstić information content (AvgIpc) is 3.13. The van der Waals surface area contributed by atoms with Gasteiger partial charge in [-0.1, -0.05) is 30.3 Å². The van der Waals surface area contributed by atoms with E-state index in [0.717, 1.165) is 12.1 Å². The van der Waals surface area contributed by atoms with Gasteiger partial charge in [-0.15, -0.1) is 0 Å². The zero-order valence-corrected chi connectivity index (χ0v) is 20.4. The maximum absolute atomic E-state index is 13.4. The lowest BCUT2D eigenvalue weighted by Gasteiger charge is -2.46. The number of nitrogens with zero attached hydrogens (tertiary/aromatic N) is 2. The zero-order chi connectivity index (χ0) is 26.3. The number of esters is 1. The Bertz CT molecular complexity index is 1190. The van der Waals surface area contributed by atoms with Crippen molar-refractivity contribution in [3.63, 3.8) is 0 Å². The first kappa shape index (κ1) is 25.5. The quantitative estimate of drug-likeness (QED) is 0.510. The Morgan fingerprint density at radius 1 is 1.14 bits per heavy atom. The van der Waals surface area contributed by atoms with Crippen molar-refractivity contribution in [1.29, 1.82) is 0 Å². The second-order valence-electron chi connectivity index (χ2n) is 9.74. The normalized spacial score (nSPS) is 22.3. The van der Waals surface area contributed by atoms with E-state index in [1.165, 1.54) is 18.1 Å². The summed E-state index contributed by atoms with van der Waals surface area (Å²) in [6, 6.07) is 10.2.